The third kappa shape index (κ3) is 3.83. The molecule has 0 aliphatic rings. The lowest BCUT2D eigenvalue weighted by Gasteiger charge is -2.12. The number of benzene rings is 3. The van der Waals surface area contributed by atoms with Crippen molar-refractivity contribution in [2.75, 3.05) is 4.72 Å². The van der Waals surface area contributed by atoms with E-state index in [1.807, 2.05) is 6.92 Å². The number of para-hydroxylation sites is 1. The molecule has 1 N–H and O–H groups in total. The molecule has 0 unspecified atom stereocenters. The van der Waals surface area contributed by atoms with Crippen molar-refractivity contribution < 1.29 is 13.3 Å². The molecule has 0 atom stereocenters. The number of nitro benzene ring substituents is 1. The van der Waals surface area contributed by atoms with Crippen LogP contribution in [0.15, 0.2) is 77.7 Å². The van der Waals surface area contributed by atoms with Crippen molar-refractivity contribution in [1.82, 2.24) is 9.97 Å². The molecule has 8 nitrogen and oxygen atoms in total. The van der Waals surface area contributed by atoms with Crippen LogP contribution >= 0.6 is 0 Å². The molecule has 0 aliphatic heterocycles. The molecule has 0 saturated carbocycles. The molecule has 1 aromatic heterocycles. The van der Waals surface area contributed by atoms with Crippen molar-refractivity contribution in [3.63, 3.8) is 0 Å². The summed E-state index contributed by atoms with van der Waals surface area (Å²) in [4.78, 5) is 19.4. The maximum Gasteiger partial charge on any atom is 0.269 e. The van der Waals surface area contributed by atoms with Gasteiger partial charge in [-0.3, -0.25) is 14.8 Å². The Labute approximate surface area is 172 Å². The van der Waals surface area contributed by atoms with E-state index in [1.54, 1.807) is 36.4 Å². The first kappa shape index (κ1) is 19.5. The van der Waals surface area contributed by atoms with Gasteiger partial charge in [0, 0.05) is 23.1 Å². The first-order valence-electron chi connectivity index (χ1n) is 8.94. The highest BCUT2D eigenvalue weighted by Gasteiger charge is 2.18. The molecule has 0 aliphatic carbocycles. The molecule has 3 aromatic carbocycles. The van der Waals surface area contributed by atoms with Gasteiger partial charge < -0.3 is 0 Å². The number of sulfonamides is 1. The first-order chi connectivity index (χ1) is 14.3. The van der Waals surface area contributed by atoms with Crippen LogP contribution in [0.1, 0.15) is 5.56 Å². The Hall–Kier alpha value is -3.85. The van der Waals surface area contributed by atoms with Crippen LogP contribution in [0.4, 0.5) is 11.5 Å². The van der Waals surface area contributed by atoms with E-state index in [-0.39, 0.29) is 22.2 Å². The van der Waals surface area contributed by atoms with Crippen molar-refractivity contribution in [3.8, 4) is 11.4 Å². The van der Waals surface area contributed by atoms with Crippen molar-refractivity contribution in [3.05, 3.63) is 88.5 Å². The highest BCUT2D eigenvalue weighted by Crippen LogP contribution is 2.27. The zero-order valence-electron chi connectivity index (χ0n) is 15.8. The predicted octanol–water partition coefficient (Wildman–Crippen LogP) is 4.31. The number of fused-ring (bicyclic) bond motifs is 1. The fourth-order valence-electron chi connectivity index (χ4n) is 2.92. The number of aromatic nitrogens is 2. The van der Waals surface area contributed by atoms with Gasteiger partial charge in [-0.25, -0.2) is 18.4 Å². The Morgan fingerprint density at radius 1 is 0.900 bits per heavy atom. The number of nitro groups is 1. The van der Waals surface area contributed by atoms with Crippen LogP contribution in [-0.2, 0) is 10.0 Å². The van der Waals surface area contributed by atoms with Gasteiger partial charge in [0.2, 0.25) is 0 Å². The molecule has 0 saturated heterocycles. The number of anilines is 1. The summed E-state index contributed by atoms with van der Waals surface area (Å²) < 4.78 is 28.3. The molecule has 0 radical (unpaired) electrons. The van der Waals surface area contributed by atoms with E-state index < -0.39 is 14.9 Å². The fourth-order valence-corrected chi connectivity index (χ4v) is 3.94. The second kappa shape index (κ2) is 7.53. The van der Waals surface area contributed by atoms with Crippen LogP contribution in [-0.4, -0.2) is 23.3 Å². The Morgan fingerprint density at radius 2 is 1.57 bits per heavy atom. The second-order valence-electron chi connectivity index (χ2n) is 6.64. The lowest BCUT2D eigenvalue weighted by atomic mass is 10.1. The van der Waals surface area contributed by atoms with Gasteiger partial charge in [0.1, 0.15) is 0 Å². The molecule has 1 heterocycles. The Morgan fingerprint density at radius 3 is 2.23 bits per heavy atom. The van der Waals surface area contributed by atoms with E-state index in [4.69, 9.17) is 0 Å². The smallest absolute Gasteiger partial charge is 0.263 e. The largest absolute Gasteiger partial charge is 0.269 e. The van der Waals surface area contributed by atoms with Crippen LogP contribution in [0, 0.1) is 17.0 Å². The molecule has 4 rings (SSSR count). The highest BCUT2D eigenvalue weighted by molar-refractivity contribution is 7.92. The van der Waals surface area contributed by atoms with Crippen LogP contribution in [0.2, 0.25) is 0 Å². The molecular formula is C21H16N4O4S. The number of hydrogen-bond acceptors (Lipinski definition) is 6. The minimum absolute atomic E-state index is 0.0557. The summed E-state index contributed by atoms with van der Waals surface area (Å²) in [7, 11) is -3.87. The third-order valence-corrected chi connectivity index (χ3v) is 5.86. The zero-order valence-corrected chi connectivity index (χ0v) is 16.6. The van der Waals surface area contributed by atoms with Crippen molar-refractivity contribution in [2.24, 2.45) is 0 Å². The summed E-state index contributed by atoms with van der Waals surface area (Å²) in [5.74, 6) is 0.389. The average molecular weight is 420 g/mol. The Kier molecular flexibility index (Phi) is 4.88. The van der Waals surface area contributed by atoms with E-state index in [2.05, 4.69) is 14.7 Å². The lowest BCUT2D eigenvalue weighted by molar-refractivity contribution is -0.384. The zero-order chi connectivity index (χ0) is 21.3. The van der Waals surface area contributed by atoms with Crippen molar-refractivity contribution >= 4 is 32.4 Å². The van der Waals surface area contributed by atoms with Gasteiger partial charge in [0.25, 0.3) is 15.7 Å². The van der Waals surface area contributed by atoms with Crippen molar-refractivity contribution in [1.29, 1.82) is 0 Å². The second-order valence-corrected chi connectivity index (χ2v) is 8.32. The molecular weight excluding hydrogens is 404 g/mol. The highest BCUT2D eigenvalue weighted by atomic mass is 32.2. The van der Waals surface area contributed by atoms with Gasteiger partial charge in [-0.05, 0) is 43.3 Å². The summed E-state index contributed by atoms with van der Waals surface area (Å²) in [6, 6.07) is 19.3. The van der Waals surface area contributed by atoms with Gasteiger partial charge in [0.15, 0.2) is 11.6 Å². The van der Waals surface area contributed by atoms with Gasteiger partial charge in [-0.15, -0.1) is 0 Å². The molecule has 0 bridgehead atoms. The summed E-state index contributed by atoms with van der Waals surface area (Å²) in [5, 5.41) is 11.4. The standard InChI is InChI=1S/C21H16N4O4S/c1-14-6-12-17(13-7-14)30(28,29)24-21-18-4-2-3-5-19(18)22-20(23-21)15-8-10-16(11-9-15)25(26)27/h2-13H,1H3,(H,22,23,24). The minimum atomic E-state index is -3.87. The topological polar surface area (TPSA) is 115 Å². The number of nitrogens with one attached hydrogen (secondary N) is 1. The average Bonchev–Trinajstić information content (AvgIpc) is 2.74. The summed E-state index contributed by atoms with van der Waals surface area (Å²) in [5.41, 5.74) is 1.96. The molecule has 0 spiro atoms. The Bertz CT molecular complexity index is 1350. The maximum absolute atomic E-state index is 12.9. The quantitative estimate of drug-likeness (QED) is 0.380. The molecule has 0 fully saturated rings. The van der Waals surface area contributed by atoms with Gasteiger partial charge in [-0.2, -0.15) is 0 Å². The molecule has 0 amide bonds. The number of nitrogens with zero attached hydrogens (tertiary/aromatic N) is 3. The third-order valence-electron chi connectivity index (χ3n) is 4.50. The van der Waals surface area contributed by atoms with E-state index in [0.717, 1.165) is 5.56 Å². The SMILES string of the molecule is Cc1ccc(S(=O)(=O)Nc2nc(-c3ccc([N+](=O)[O-])cc3)nc3ccccc23)cc1. The number of rotatable bonds is 5. The Balaban J connectivity index is 1.81. The van der Waals surface area contributed by atoms with Crippen LogP contribution in [0.3, 0.4) is 0 Å². The van der Waals surface area contributed by atoms with Gasteiger partial charge >= 0.3 is 0 Å². The number of non-ortho nitro benzene ring substituents is 1. The molecule has 30 heavy (non-hydrogen) atoms. The summed E-state index contributed by atoms with van der Waals surface area (Å²) >= 11 is 0. The predicted molar refractivity (Wildman–Crippen MR) is 114 cm³/mol. The fraction of sp³-hybridized carbons (Fsp3) is 0.0476. The molecule has 9 heteroatoms. The summed E-state index contributed by atoms with van der Waals surface area (Å²) in [6.07, 6.45) is 0. The minimum Gasteiger partial charge on any atom is -0.263 e. The first-order valence-corrected chi connectivity index (χ1v) is 10.4. The maximum atomic E-state index is 12.9. The van der Waals surface area contributed by atoms with Crippen LogP contribution < -0.4 is 4.72 Å². The van der Waals surface area contributed by atoms with Crippen molar-refractivity contribution in [2.45, 2.75) is 11.8 Å². The summed E-state index contributed by atoms with van der Waals surface area (Å²) in [6.45, 7) is 1.87. The van der Waals surface area contributed by atoms with E-state index in [9.17, 15) is 18.5 Å². The number of aryl methyl sites for hydroxylation is 1. The van der Waals surface area contributed by atoms with Gasteiger partial charge in [0.05, 0.1) is 15.3 Å². The van der Waals surface area contributed by atoms with E-state index in [1.165, 1.54) is 36.4 Å². The monoisotopic (exact) mass is 420 g/mol. The van der Waals surface area contributed by atoms with Crippen LogP contribution in [0.25, 0.3) is 22.3 Å². The van der Waals surface area contributed by atoms with Crippen LogP contribution in [0.5, 0.6) is 0 Å². The van der Waals surface area contributed by atoms with E-state index >= 15 is 0 Å². The van der Waals surface area contributed by atoms with E-state index in [0.29, 0.717) is 16.5 Å². The molecule has 4 aromatic rings. The normalized spacial score (nSPS) is 11.4. The van der Waals surface area contributed by atoms with Gasteiger partial charge in [-0.1, -0.05) is 29.8 Å². The molecule has 150 valence electrons. The lowest BCUT2D eigenvalue weighted by Crippen LogP contribution is -2.15. The number of hydrogen-bond donors (Lipinski definition) is 1.